The van der Waals surface area contributed by atoms with Gasteiger partial charge in [-0.1, -0.05) is 0 Å². The topological polar surface area (TPSA) is 111 Å². The Hall–Kier alpha value is -2.42. The van der Waals surface area contributed by atoms with E-state index in [0.717, 1.165) is 0 Å². The van der Waals surface area contributed by atoms with Gasteiger partial charge in [0.05, 0.1) is 26.2 Å². The van der Waals surface area contributed by atoms with Crippen LogP contribution in [0.25, 0.3) is 0 Å². The molecular formula is C15H19N3O6. The minimum atomic E-state index is -0.968. The monoisotopic (exact) mass is 337 g/mol. The smallest absolute Gasteiger partial charge is 0.311 e. The summed E-state index contributed by atoms with van der Waals surface area (Å²) in [6.07, 6.45) is 1.63. The molecule has 9 nitrogen and oxygen atoms in total. The molecule has 1 N–H and O–H groups in total. The quantitative estimate of drug-likeness (QED) is 0.821. The molecule has 0 aliphatic carbocycles. The highest BCUT2D eigenvalue weighted by Gasteiger charge is 2.55. The lowest BCUT2D eigenvalue weighted by atomic mass is 9.74. The summed E-state index contributed by atoms with van der Waals surface area (Å²) in [5.74, 6) is -1.34. The molecule has 3 heterocycles. The van der Waals surface area contributed by atoms with Crippen LogP contribution in [0.5, 0.6) is 11.8 Å². The SMILES string of the molecule is COc1ncnc(OC)c1C(=O)N1C[C@H]2COCC[C@@]2(C(=O)O)C1. The number of fused-ring (bicyclic) bond motifs is 1. The second-order valence-corrected chi connectivity index (χ2v) is 5.94. The molecule has 2 aliphatic heterocycles. The highest BCUT2D eigenvalue weighted by molar-refractivity contribution is 5.99. The van der Waals surface area contributed by atoms with Crippen LogP contribution in [-0.2, 0) is 9.53 Å². The van der Waals surface area contributed by atoms with E-state index in [4.69, 9.17) is 14.2 Å². The number of hydrogen-bond donors (Lipinski definition) is 1. The van der Waals surface area contributed by atoms with Gasteiger partial charge in [0.25, 0.3) is 5.91 Å². The van der Waals surface area contributed by atoms with E-state index in [9.17, 15) is 14.7 Å². The van der Waals surface area contributed by atoms with Crippen molar-refractivity contribution in [2.75, 3.05) is 40.5 Å². The Morgan fingerprint density at radius 2 is 2.00 bits per heavy atom. The molecule has 2 aliphatic rings. The number of carboxylic acid groups (broad SMARTS) is 1. The van der Waals surface area contributed by atoms with E-state index in [-0.39, 0.29) is 29.8 Å². The molecule has 1 amide bonds. The molecule has 1 aromatic rings. The van der Waals surface area contributed by atoms with E-state index in [1.54, 1.807) is 0 Å². The van der Waals surface area contributed by atoms with Crippen molar-refractivity contribution < 1.29 is 28.9 Å². The first-order valence-electron chi connectivity index (χ1n) is 7.57. The largest absolute Gasteiger partial charge is 0.481 e. The number of carbonyl (C=O) groups excluding carboxylic acids is 1. The van der Waals surface area contributed by atoms with Crippen molar-refractivity contribution in [2.45, 2.75) is 6.42 Å². The van der Waals surface area contributed by atoms with Crippen LogP contribution in [0.1, 0.15) is 16.8 Å². The lowest BCUT2D eigenvalue weighted by Crippen LogP contribution is -2.45. The van der Waals surface area contributed by atoms with Crippen molar-refractivity contribution in [1.29, 1.82) is 0 Å². The summed E-state index contributed by atoms with van der Waals surface area (Å²) < 4.78 is 15.7. The summed E-state index contributed by atoms with van der Waals surface area (Å²) in [4.78, 5) is 34.2. The Kier molecular flexibility index (Phi) is 4.27. The van der Waals surface area contributed by atoms with Gasteiger partial charge in [0, 0.05) is 25.6 Å². The van der Waals surface area contributed by atoms with Gasteiger partial charge in [-0.15, -0.1) is 0 Å². The fraction of sp³-hybridized carbons (Fsp3) is 0.600. The highest BCUT2D eigenvalue weighted by atomic mass is 16.5. The third-order valence-electron chi connectivity index (χ3n) is 4.80. The number of aliphatic carboxylic acids is 1. The first-order chi connectivity index (χ1) is 11.5. The normalized spacial score (nSPS) is 25.9. The van der Waals surface area contributed by atoms with Gasteiger partial charge in [-0.05, 0) is 6.42 Å². The zero-order valence-electron chi connectivity index (χ0n) is 13.5. The van der Waals surface area contributed by atoms with Crippen LogP contribution in [-0.4, -0.2) is 72.4 Å². The van der Waals surface area contributed by atoms with E-state index in [0.29, 0.717) is 26.2 Å². The molecule has 9 heteroatoms. The van der Waals surface area contributed by atoms with Crippen LogP contribution in [0.2, 0.25) is 0 Å². The molecule has 0 unspecified atom stereocenters. The molecule has 3 rings (SSSR count). The summed E-state index contributed by atoms with van der Waals surface area (Å²) in [5, 5.41) is 9.70. The molecular weight excluding hydrogens is 318 g/mol. The van der Waals surface area contributed by atoms with Crippen LogP contribution < -0.4 is 9.47 Å². The minimum Gasteiger partial charge on any atom is -0.481 e. The fourth-order valence-electron chi connectivity index (χ4n) is 3.46. The Bertz CT molecular complexity index is 644. The lowest BCUT2D eigenvalue weighted by molar-refractivity contribution is -0.157. The van der Waals surface area contributed by atoms with E-state index in [1.165, 1.54) is 25.4 Å². The Morgan fingerprint density at radius 3 is 2.54 bits per heavy atom. The first-order valence-corrected chi connectivity index (χ1v) is 7.57. The summed E-state index contributed by atoms with van der Waals surface area (Å²) in [6, 6.07) is 0. The molecule has 2 atom stereocenters. The number of ether oxygens (including phenoxy) is 3. The molecule has 0 aromatic carbocycles. The number of rotatable bonds is 4. The number of aromatic nitrogens is 2. The van der Waals surface area contributed by atoms with Gasteiger partial charge in [0.15, 0.2) is 5.56 Å². The molecule has 2 fully saturated rings. The van der Waals surface area contributed by atoms with Gasteiger partial charge in [0.2, 0.25) is 11.8 Å². The predicted octanol–water partition coefficient (Wildman–Crippen LogP) is 0.0571. The van der Waals surface area contributed by atoms with Crippen LogP contribution in [0.4, 0.5) is 0 Å². The molecule has 24 heavy (non-hydrogen) atoms. The van der Waals surface area contributed by atoms with Crippen molar-refractivity contribution in [1.82, 2.24) is 14.9 Å². The minimum absolute atomic E-state index is 0.0994. The van der Waals surface area contributed by atoms with Crippen LogP contribution in [0, 0.1) is 11.3 Å². The Morgan fingerprint density at radius 1 is 1.33 bits per heavy atom. The molecule has 0 spiro atoms. The second-order valence-electron chi connectivity index (χ2n) is 5.94. The molecule has 1 aromatic heterocycles. The average molecular weight is 337 g/mol. The average Bonchev–Trinajstić information content (AvgIpc) is 3.01. The number of likely N-dealkylation sites (tertiary alicyclic amines) is 1. The zero-order valence-corrected chi connectivity index (χ0v) is 13.5. The van der Waals surface area contributed by atoms with Crippen LogP contribution >= 0.6 is 0 Å². The Labute approximate surface area is 138 Å². The fourth-order valence-corrected chi connectivity index (χ4v) is 3.46. The number of methoxy groups -OCH3 is 2. The Balaban J connectivity index is 1.94. The summed E-state index contributed by atoms with van der Waals surface area (Å²) in [6.45, 7) is 1.13. The highest BCUT2D eigenvalue weighted by Crippen LogP contribution is 2.43. The van der Waals surface area contributed by atoms with E-state index >= 15 is 0 Å². The number of amides is 1. The molecule has 0 bridgehead atoms. The van der Waals surface area contributed by atoms with Gasteiger partial charge in [-0.25, -0.2) is 9.97 Å². The van der Waals surface area contributed by atoms with E-state index < -0.39 is 17.3 Å². The van der Waals surface area contributed by atoms with Crippen LogP contribution in [0.15, 0.2) is 6.33 Å². The number of carboxylic acids is 1. The molecule has 0 saturated carbocycles. The summed E-state index contributed by atoms with van der Waals surface area (Å²) >= 11 is 0. The number of carbonyl (C=O) groups is 2. The third-order valence-corrected chi connectivity index (χ3v) is 4.80. The van der Waals surface area contributed by atoms with Crippen molar-refractivity contribution in [3.05, 3.63) is 11.9 Å². The second kappa shape index (κ2) is 6.23. The molecule has 2 saturated heterocycles. The standard InChI is InChI=1S/C15H19N3O6/c1-22-11-10(12(23-2)17-8-16-11)13(19)18-5-9-6-24-4-3-15(9,7-18)14(20)21/h8-9H,3-7H2,1-2H3,(H,20,21)/t9-,15+/m0/s1. The first kappa shape index (κ1) is 16.4. The van der Waals surface area contributed by atoms with E-state index in [1.807, 2.05) is 0 Å². The van der Waals surface area contributed by atoms with Gasteiger partial charge in [0.1, 0.15) is 6.33 Å². The lowest BCUT2D eigenvalue weighted by Gasteiger charge is -2.33. The third kappa shape index (κ3) is 2.44. The maximum atomic E-state index is 13.0. The van der Waals surface area contributed by atoms with Gasteiger partial charge in [-0.3, -0.25) is 9.59 Å². The summed E-state index contributed by atoms with van der Waals surface area (Å²) in [5.41, 5.74) is -0.869. The maximum Gasteiger partial charge on any atom is 0.311 e. The maximum absolute atomic E-state index is 13.0. The molecule has 0 radical (unpaired) electrons. The molecule has 130 valence electrons. The van der Waals surface area contributed by atoms with Gasteiger partial charge in [-0.2, -0.15) is 0 Å². The van der Waals surface area contributed by atoms with Crippen molar-refractivity contribution in [3.63, 3.8) is 0 Å². The van der Waals surface area contributed by atoms with Crippen molar-refractivity contribution >= 4 is 11.9 Å². The van der Waals surface area contributed by atoms with Crippen molar-refractivity contribution in [2.24, 2.45) is 11.3 Å². The zero-order chi connectivity index (χ0) is 17.3. The van der Waals surface area contributed by atoms with E-state index in [2.05, 4.69) is 9.97 Å². The van der Waals surface area contributed by atoms with Crippen LogP contribution in [0.3, 0.4) is 0 Å². The van der Waals surface area contributed by atoms with Crippen molar-refractivity contribution in [3.8, 4) is 11.8 Å². The predicted molar refractivity (Wildman–Crippen MR) is 80.0 cm³/mol. The number of hydrogen-bond acceptors (Lipinski definition) is 7. The number of nitrogens with zero attached hydrogens (tertiary/aromatic N) is 3. The van der Waals surface area contributed by atoms with Gasteiger partial charge < -0.3 is 24.2 Å². The van der Waals surface area contributed by atoms with Gasteiger partial charge >= 0.3 is 5.97 Å². The summed E-state index contributed by atoms with van der Waals surface area (Å²) in [7, 11) is 2.80.